The van der Waals surface area contributed by atoms with Gasteiger partial charge in [-0.25, -0.2) is 0 Å². The molecule has 3 N–H and O–H groups in total. The van der Waals surface area contributed by atoms with Gasteiger partial charge >= 0.3 is 0 Å². The fraction of sp³-hybridized carbons (Fsp3) is 0.462. The molecule has 0 bridgehead atoms. The maximum atomic E-state index is 8.93. The molecule has 1 aliphatic rings. The third-order valence-electron chi connectivity index (χ3n) is 3.50. The minimum atomic E-state index is 0.208. The smallest absolute Gasteiger partial charge is 0.298 e. The summed E-state index contributed by atoms with van der Waals surface area (Å²) in [5.41, 5.74) is 7.99. The third kappa shape index (κ3) is 2.36. The van der Waals surface area contributed by atoms with Gasteiger partial charge in [-0.1, -0.05) is 6.07 Å². The van der Waals surface area contributed by atoms with Crippen molar-refractivity contribution in [3.63, 3.8) is 0 Å². The molecule has 2 heterocycles. The molecule has 0 amide bonds. The minimum Gasteiger partial charge on any atom is -0.423 e. The summed E-state index contributed by atoms with van der Waals surface area (Å²) in [5.74, 6) is 0. The predicted molar refractivity (Wildman–Crippen MR) is 74.2 cm³/mol. The first kappa shape index (κ1) is 12.3. The average molecular weight is 262 g/mol. The number of rotatable bonds is 3. The van der Waals surface area contributed by atoms with Crippen LogP contribution in [0.5, 0.6) is 0 Å². The van der Waals surface area contributed by atoms with E-state index in [-0.39, 0.29) is 6.61 Å². The molecule has 6 nitrogen and oxygen atoms in total. The van der Waals surface area contributed by atoms with Crippen LogP contribution in [0.2, 0.25) is 0 Å². The van der Waals surface area contributed by atoms with Crippen molar-refractivity contribution in [1.82, 2.24) is 9.88 Å². The van der Waals surface area contributed by atoms with Gasteiger partial charge in [0.05, 0.1) is 12.3 Å². The summed E-state index contributed by atoms with van der Waals surface area (Å²) >= 11 is 0. The monoisotopic (exact) mass is 262 g/mol. The molecule has 1 saturated heterocycles. The Labute approximate surface area is 111 Å². The van der Waals surface area contributed by atoms with Crippen molar-refractivity contribution in [3.05, 3.63) is 18.2 Å². The lowest BCUT2D eigenvalue weighted by atomic mass is 10.3. The number of anilines is 2. The van der Waals surface area contributed by atoms with Gasteiger partial charge in [-0.2, -0.15) is 4.98 Å². The number of aliphatic hydroxyl groups excluding tert-OH is 1. The second-order valence-electron chi connectivity index (χ2n) is 4.74. The zero-order valence-corrected chi connectivity index (χ0v) is 10.7. The molecule has 19 heavy (non-hydrogen) atoms. The summed E-state index contributed by atoms with van der Waals surface area (Å²) < 4.78 is 5.75. The number of oxazole rings is 1. The molecule has 6 heteroatoms. The van der Waals surface area contributed by atoms with Gasteiger partial charge in [0, 0.05) is 32.7 Å². The zero-order chi connectivity index (χ0) is 13.2. The van der Waals surface area contributed by atoms with Gasteiger partial charge in [-0.05, 0) is 12.1 Å². The van der Waals surface area contributed by atoms with Crippen LogP contribution in [0.15, 0.2) is 22.6 Å². The van der Waals surface area contributed by atoms with Crippen molar-refractivity contribution in [3.8, 4) is 0 Å². The number of para-hydroxylation sites is 1. The number of nitrogens with zero attached hydrogens (tertiary/aromatic N) is 3. The number of aliphatic hydroxyl groups is 1. The van der Waals surface area contributed by atoms with Crippen LogP contribution in [0.4, 0.5) is 11.7 Å². The normalized spacial score (nSPS) is 17.2. The van der Waals surface area contributed by atoms with Gasteiger partial charge in [0.25, 0.3) is 6.01 Å². The molecule has 0 spiro atoms. The number of fused-ring (bicyclic) bond motifs is 1. The van der Waals surface area contributed by atoms with Crippen molar-refractivity contribution in [1.29, 1.82) is 0 Å². The lowest BCUT2D eigenvalue weighted by Gasteiger charge is -2.33. The van der Waals surface area contributed by atoms with E-state index in [4.69, 9.17) is 15.3 Å². The second kappa shape index (κ2) is 5.07. The van der Waals surface area contributed by atoms with Gasteiger partial charge in [0.1, 0.15) is 5.52 Å². The van der Waals surface area contributed by atoms with E-state index in [9.17, 15) is 0 Å². The van der Waals surface area contributed by atoms with Crippen molar-refractivity contribution < 1.29 is 9.52 Å². The summed E-state index contributed by atoms with van der Waals surface area (Å²) in [4.78, 5) is 8.82. The number of piperazine rings is 1. The Kier molecular flexibility index (Phi) is 3.27. The first-order valence-corrected chi connectivity index (χ1v) is 6.51. The van der Waals surface area contributed by atoms with E-state index in [1.54, 1.807) is 0 Å². The van der Waals surface area contributed by atoms with Crippen molar-refractivity contribution in [2.75, 3.05) is 50.0 Å². The maximum Gasteiger partial charge on any atom is 0.298 e. The van der Waals surface area contributed by atoms with Crippen LogP contribution in [0, 0.1) is 0 Å². The first-order chi connectivity index (χ1) is 9.28. The SMILES string of the molecule is Nc1cccc2oc(N3CCN(CCO)CC3)nc12. The standard InChI is InChI=1S/C13H18N4O2/c14-10-2-1-3-11-12(10)15-13(19-11)17-6-4-16(5-7-17)8-9-18/h1-3,18H,4-9,14H2. The lowest BCUT2D eigenvalue weighted by molar-refractivity contribution is 0.187. The van der Waals surface area contributed by atoms with E-state index in [0.717, 1.165) is 43.8 Å². The molecule has 1 aromatic carbocycles. The van der Waals surface area contributed by atoms with Gasteiger partial charge in [-0.3, -0.25) is 4.90 Å². The fourth-order valence-electron chi connectivity index (χ4n) is 2.40. The molecule has 0 aliphatic carbocycles. The molecule has 0 atom stereocenters. The number of nitrogens with two attached hydrogens (primary N) is 1. The van der Waals surface area contributed by atoms with Gasteiger partial charge in [0.2, 0.25) is 0 Å². The highest BCUT2D eigenvalue weighted by Crippen LogP contribution is 2.26. The molecule has 3 rings (SSSR count). The molecule has 1 aliphatic heterocycles. The second-order valence-corrected chi connectivity index (χ2v) is 4.74. The van der Waals surface area contributed by atoms with Gasteiger partial charge < -0.3 is 20.2 Å². The van der Waals surface area contributed by atoms with Gasteiger partial charge in [-0.15, -0.1) is 0 Å². The number of hydrogen-bond donors (Lipinski definition) is 2. The molecule has 0 saturated carbocycles. The van der Waals surface area contributed by atoms with Crippen molar-refractivity contribution >= 4 is 22.8 Å². The highest BCUT2D eigenvalue weighted by Gasteiger charge is 2.21. The highest BCUT2D eigenvalue weighted by atomic mass is 16.4. The summed E-state index contributed by atoms with van der Waals surface area (Å²) in [6, 6.07) is 6.21. The van der Waals surface area contributed by atoms with E-state index in [0.29, 0.717) is 11.7 Å². The molecular formula is C13H18N4O2. The molecular weight excluding hydrogens is 244 g/mol. The first-order valence-electron chi connectivity index (χ1n) is 6.51. The van der Waals surface area contributed by atoms with E-state index < -0.39 is 0 Å². The van der Waals surface area contributed by atoms with E-state index in [1.807, 2.05) is 18.2 Å². The number of nitrogen functional groups attached to an aromatic ring is 1. The molecule has 2 aromatic rings. The Morgan fingerprint density at radius 2 is 2.05 bits per heavy atom. The Bertz CT molecular complexity index is 561. The maximum absolute atomic E-state index is 8.93. The van der Waals surface area contributed by atoms with Crippen LogP contribution in [-0.2, 0) is 0 Å². The molecule has 102 valence electrons. The predicted octanol–water partition coefficient (Wildman–Crippen LogP) is 0.524. The summed E-state index contributed by atoms with van der Waals surface area (Å²) in [7, 11) is 0. The fourth-order valence-corrected chi connectivity index (χ4v) is 2.40. The average Bonchev–Trinajstić information content (AvgIpc) is 2.85. The summed E-state index contributed by atoms with van der Waals surface area (Å²) in [6.45, 7) is 4.47. The highest BCUT2D eigenvalue weighted by molar-refractivity contribution is 5.86. The summed E-state index contributed by atoms with van der Waals surface area (Å²) in [5, 5.41) is 8.93. The topological polar surface area (TPSA) is 78.8 Å². The lowest BCUT2D eigenvalue weighted by Crippen LogP contribution is -2.47. The van der Waals surface area contributed by atoms with Crippen LogP contribution in [0.3, 0.4) is 0 Å². The van der Waals surface area contributed by atoms with Crippen LogP contribution in [-0.4, -0.2) is 54.3 Å². The Morgan fingerprint density at radius 3 is 2.74 bits per heavy atom. The number of benzene rings is 1. The Morgan fingerprint density at radius 1 is 1.26 bits per heavy atom. The van der Waals surface area contributed by atoms with Crippen molar-refractivity contribution in [2.45, 2.75) is 0 Å². The molecule has 0 radical (unpaired) electrons. The van der Waals surface area contributed by atoms with Crippen LogP contribution in [0.1, 0.15) is 0 Å². The number of hydrogen-bond acceptors (Lipinski definition) is 6. The quantitative estimate of drug-likeness (QED) is 0.785. The zero-order valence-electron chi connectivity index (χ0n) is 10.7. The number of β-amino-alcohol motifs (C(OH)–C–C–N with tert-alkyl or cyclic N) is 1. The summed E-state index contributed by atoms with van der Waals surface area (Å²) in [6.07, 6.45) is 0. The minimum absolute atomic E-state index is 0.208. The van der Waals surface area contributed by atoms with E-state index in [2.05, 4.69) is 14.8 Å². The molecule has 1 fully saturated rings. The Hall–Kier alpha value is -1.79. The Balaban J connectivity index is 1.77. The molecule has 1 aromatic heterocycles. The van der Waals surface area contributed by atoms with Crippen LogP contribution in [0.25, 0.3) is 11.1 Å². The van der Waals surface area contributed by atoms with Crippen molar-refractivity contribution in [2.24, 2.45) is 0 Å². The van der Waals surface area contributed by atoms with Gasteiger partial charge in [0.15, 0.2) is 5.58 Å². The van der Waals surface area contributed by atoms with E-state index in [1.165, 1.54) is 0 Å². The number of aromatic nitrogens is 1. The third-order valence-corrected chi connectivity index (χ3v) is 3.50. The largest absolute Gasteiger partial charge is 0.423 e. The van der Waals surface area contributed by atoms with Crippen LogP contribution >= 0.6 is 0 Å². The van der Waals surface area contributed by atoms with Crippen LogP contribution < -0.4 is 10.6 Å². The van der Waals surface area contributed by atoms with E-state index >= 15 is 0 Å². The molecule has 0 unspecified atom stereocenters.